The molecule has 2 amide bonds. The number of aryl methyl sites for hydroxylation is 2. The Bertz CT molecular complexity index is 992. The summed E-state index contributed by atoms with van der Waals surface area (Å²) in [5.41, 5.74) is 7.14. The van der Waals surface area contributed by atoms with E-state index in [-0.39, 0.29) is 17.7 Å². The number of aromatic nitrogens is 1. The second-order valence-electron chi connectivity index (χ2n) is 6.43. The summed E-state index contributed by atoms with van der Waals surface area (Å²) in [6.45, 7) is 4.03. The summed E-state index contributed by atoms with van der Waals surface area (Å²) < 4.78 is 10.8. The van der Waals surface area contributed by atoms with Gasteiger partial charge in [-0.05, 0) is 43.7 Å². The zero-order chi connectivity index (χ0) is 20.8. The molecule has 0 saturated carbocycles. The molecule has 0 bridgehead atoms. The van der Waals surface area contributed by atoms with E-state index in [9.17, 15) is 14.7 Å². The highest BCUT2D eigenvalue weighted by Crippen LogP contribution is 2.18. The van der Waals surface area contributed by atoms with E-state index in [1.807, 2.05) is 13.8 Å². The number of ether oxygens (including phenoxy) is 1. The first-order valence-corrected chi connectivity index (χ1v) is 8.94. The Morgan fingerprint density at radius 3 is 2.45 bits per heavy atom. The first-order valence-electron chi connectivity index (χ1n) is 8.94. The number of phenolic OH excluding ortho intramolecular Hbond substituents is 1. The maximum absolute atomic E-state index is 12.0. The van der Waals surface area contributed by atoms with Gasteiger partial charge in [0.2, 0.25) is 5.91 Å². The fraction of sp³-hybridized carbons (Fsp3) is 0.190. The molecular formula is C21H21N3O5. The average Bonchev–Trinajstić information content (AvgIpc) is 3.03. The number of nitrogens with one attached hydrogen (secondary N) is 2. The summed E-state index contributed by atoms with van der Waals surface area (Å²) in [5.74, 6) is 0.229. The fourth-order valence-electron chi connectivity index (χ4n) is 2.66. The van der Waals surface area contributed by atoms with Crippen LogP contribution in [0.25, 0.3) is 0 Å². The van der Waals surface area contributed by atoms with Gasteiger partial charge in [-0.1, -0.05) is 29.4 Å². The SMILES string of the molecule is Cc1noc(C)c1COc1ccc(CC(=O)NNC(=O)c2ccccc2O)cc1. The molecule has 0 fully saturated rings. The standard InChI is InChI=1S/C21H21N3O5/c1-13-18(14(2)29-24-13)12-28-16-9-7-15(8-10-16)11-20(26)22-23-21(27)17-5-3-4-6-19(17)25/h3-10,25H,11-12H2,1-2H3,(H,22,26)(H,23,27). The minimum Gasteiger partial charge on any atom is -0.507 e. The highest BCUT2D eigenvalue weighted by molar-refractivity contribution is 5.97. The van der Waals surface area contributed by atoms with E-state index in [0.717, 1.165) is 22.6 Å². The Morgan fingerprint density at radius 1 is 1.07 bits per heavy atom. The molecule has 8 nitrogen and oxygen atoms in total. The number of benzene rings is 2. The molecule has 0 radical (unpaired) electrons. The van der Waals surface area contributed by atoms with Crippen LogP contribution in [-0.4, -0.2) is 22.1 Å². The summed E-state index contributed by atoms with van der Waals surface area (Å²) in [6, 6.07) is 13.1. The zero-order valence-corrected chi connectivity index (χ0v) is 16.1. The Morgan fingerprint density at radius 2 is 1.79 bits per heavy atom. The Hall–Kier alpha value is -3.81. The lowest BCUT2D eigenvalue weighted by Crippen LogP contribution is -2.42. The number of hydrogen-bond donors (Lipinski definition) is 3. The number of phenols is 1. The number of rotatable bonds is 6. The molecule has 8 heteroatoms. The highest BCUT2D eigenvalue weighted by atomic mass is 16.5. The van der Waals surface area contributed by atoms with E-state index in [4.69, 9.17) is 9.26 Å². The van der Waals surface area contributed by atoms with Crippen LogP contribution >= 0.6 is 0 Å². The van der Waals surface area contributed by atoms with Crippen LogP contribution in [0.2, 0.25) is 0 Å². The summed E-state index contributed by atoms with van der Waals surface area (Å²) >= 11 is 0. The van der Waals surface area contributed by atoms with Gasteiger partial charge in [0.05, 0.1) is 23.2 Å². The Kier molecular flexibility index (Phi) is 6.13. The van der Waals surface area contributed by atoms with Crippen LogP contribution in [0, 0.1) is 13.8 Å². The van der Waals surface area contributed by atoms with Crippen molar-refractivity contribution in [1.29, 1.82) is 0 Å². The van der Waals surface area contributed by atoms with Crippen LogP contribution in [0.4, 0.5) is 0 Å². The maximum atomic E-state index is 12.0. The number of para-hydroxylation sites is 1. The lowest BCUT2D eigenvalue weighted by molar-refractivity contribution is -0.121. The third kappa shape index (κ3) is 5.13. The van der Waals surface area contributed by atoms with Crippen LogP contribution in [-0.2, 0) is 17.8 Å². The van der Waals surface area contributed by atoms with Gasteiger partial charge < -0.3 is 14.4 Å². The van der Waals surface area contributed by atoms with E-state index < -0.39 is 11.8 Å². The molecule has 3 aromatic rings. The average molecular weight is 395 g/mol. The van der Waals surface area contributed by atoms with Gasteiger partial charge in [0.25, 0.3) is 5.91 Å². The topological polar surface area (TPSA) is 114 Å². The van der Waals surface area contributed by atoms with Gasteiger partial charge in [0.1, 0.15) is 23.9 Å². The molecule has 0 spiro atoms. The molecule has 0 aliphatic carbocycles. The van der Waals surface area contributed by atoms with E-state index in [0.29, 0.717) is 12.4 Å². The second-order valence-corrected chi connectivity index (χ2v) is 6.43. The minimum atomic E-state index is -0.598. The quantitative estimate of drug-likeness (QED) is 0.553. The molecule has 1 aromatic heterocycles. The van der Waals surface area contributed by atoms with Crippen LogP contribution < -0.4 is 15.6 Å². The fourth-order valence-corrected chi connectivity index (χ4v) is 2.66. The third-order valence-electron chi connectivity index (χ3n) is 4.32. The van der Waals surface area contributed by atoms with Gasteiger partial charge in [-0.2, -0.15) is 0 Å². The second kappa shape index (κ2) is 8.92. The number of nitrogens with zero attached hydrogens (tertiary/aromatic N) is 1. The molecule has 3 rings (SSSR count). The molecule has 0 aliphatic heterocycles. The predicted molar refractivity (Wildman–Crippen MR) is 104 cm³/mol. The van der Waals surface area contributed by atoms with E-state index in [2.05, 4.69) is 16.0 Å². The molecule has 0 atom stereocenters. The van der Waals surface area contributed by atoms with Crippen molar-refractivity contribution >= 4 is 11.8 Å². The molecule has 0 aliphatic rings. The monoisotopic (exact) mass is 395 g/mol. The molecule has 0 saturated heterocycles. The summed E-state index contributed by atoms with van der Waals surface area (Å²) in [7, 11) is 0. The molecule has 150 valence electrons. The van der Waals surface area contributed by atoms with Crippen molar-refractivity contribution in [2.24, 2.45) is 0 Å². The lowest BCUT2D eigenvalue weighted by Gasteiger charge is -2.09. The first kappa shape index (κ1) is 19.9. The highest BCUT2D eigenvalue weighted by Gasteiger charge is 2.12. The lowest BCUT2D eigenvalue weighted by atomic mass is 10.1. The van der Waals surface area contributed by atoms with Gasteiger partial charge in [-0.3, -0.25) is 20.4 Å². The van der Waals surface area contributed by atoms with Crippen molar-refractivity contribution in [2.45, 2.75) is 26.9 Å². The molecule has 29 heavy (non-hydrogen) atoms. The Balaban J connectivity index is 1.48. The van der Waals surface area contributed by atoms with E-state index in [1.165, 1.54) is 12.1 Å². The van der Waals surface area contributed by atoms with Crippen molar-refractivity contribution < 1.29 is 24.0 Å². The molecule has 2 aromatic carbocycles. The number of amides is 2. The Labute approximate surface area is 167 Å². The van der Waals surface area contributed by atoms with E-state index >= 15 is 0 Å². The van der Waals surface area contributed by atoms with Gasteiger partial charge >= 0.3 is 0 Å². The number of hydrogen-bond acceptors (Lipinski definition) is 6. The van der Waals surface area contributed by atoms with Crippen molar-refractivity contribution in [2.75, 3.05) is 0 Å². The van der Waals surface area contributed by atoms with Crippen molar-refractivity contribution in [1.82, 2.24) is 16.0 Å². The summed E-state index contributed by atoms with van der Waals surface area (Å²) in [5, 5.41) is 13.5. The van der Waals surface area contributed by atoms with Crippen LogP contribution in [0.3, 0.4) is 0 Å². The minimum absolute atomic E-state index is 0.0746. The third-order valence-corrected chi connectivity index (χ3v) is 4.32. The maximum Gasteiger partial charge on any atom is 0.273 e. The smallest absolute Gasteiger partial charge is 0.273 e. The van der Waals surface area contributed by atoms with Crippen LogP contribution in [0.15, 0.2) is 53.1 Å². The van der Waals surface area contributed by atoms with Gasteiger partial charge in [0.15, 0.2) is 0 Å². The zero-order valence-electron chi connectivity index (χ0n) is 16.1. The molecule has 3 N–H and O–H groups in total. The van der Waals surface area contributed by atoms with Crippen molar-refractivity contribution in [3.8, 4) is 11.5 Å². The number of carbonyl (C=O) groups is 2. The summed E-state index contributed by atoms with van der Waals surface area (Å²) in [6.07, 6.45) is 0.0746. The predicted octanol–water partition coefficient (Wildman–Crippen LogP) is 2.58. The normalized spacial score (nSPS) is 10.4. The van der Waals surface area contributed by atoms with Gasteiger partial charge in [-0.15, -0.1) is 0 Å². The van der Waals surface area contributed by atoms with Gasteiger partial charge in [0, 0.05) is 0 Å². The summed E-state index contributed by atoms with van der Waals surface area (Å²) in [4.78, 5) is 24.0. The molecule has 0 unspecified atom stereocenters. The van der Waals surface area contributed by atoms with Crippen molar-refractivity contribution in [3.63, 3.8) is 0 Å². The first-order chi connectivity index (χ1) is 13.9. The molecular weight excluding hydrogens is 374 g/mol. The van der Waals surface area contributed by atoms with E-state index in [1.54, 1.807) is 36.4 Å². The number of carbonyl (C=O) groups excluding carboxylic acids is 2. The largest absolute Gasteiger partial charge is 0.507 e. The molecule has 1 heterocycles. The van der Waals surface area contributed by atoms with Gasteiger partial charge in [-0.25, -0.2) is 0 Å². The van der Waals surface area contributed by atoms with Crippen LogP contribution in [0.1, 0.15) is 32.9 Å². The number of aromatic hydroxyl groups is 1. The van der Waals surface area contributed by atoms with Crippen molar-refractivity contribution in [3.05, 3.63) is 76.7 Å². The number of hydrazine groups is 1. The van der Waals surface area contributed by atoms with Crippen LogP contribution in [0.5, 0.6) is 11.5 Å².